The molecule has 1 saturated heterocycles. The lowest BCUT2D eigenvalue weighted by Crippen LogP contribution is -2.34. The molecule has 0 unspecified atom stereocenters. The molecule has 2 nitrogen and oxygen atoms in total. The molecule has 1 fully saturated rings. The van der Waals surface area contributed by atoms with E-state index in [-0.39, 0.29) is 0 Å². The van der Waals surface area contributed by atoms with Crippen LogP contribution >= 0.6 is 0 Å². The zero-order chi connectivity index (χ0) is 13.9. The summed E-state index contributed by atoms with van der Waals surface area (Å²) in [6.45, 7) is 10.9. The summed E-state index contributed by atoms with van der Waals surface area (Å²) in [7, 11) is 0. The van der Waals surface area contributed by atoms with E-state index in [1.54, 1.807) is 0 Å². The maximum absolute atomic E-state index is 5.69. The van der Waals surface area contributed by atoms with Gasteiger partial charge in [-0.15, -0.1) is 0 Å². The van der Waals surface area contributed by atoms with Gasteiger partial charge in [-0.2, -0.15) is 0 Å². The molecule has 1 aliphatic rings. The summed E-state index contributed by atoms with van der Waals surface area (Å²) in [6, 6.07) is 10.1. The Morgan fingerprint density at radius 2 is 1.74 bits per heavy atom. The first-order valence-electron chi connectivity index (χ1n) is 7.75. The zero-order valence-electron chi connectivity index (χ0n) is 12.8. The van der Waals surface area contributed by atoms with Crippen LogP contribution in [0.4, 0.5) is 0 Å². The highest BCUT2D eigenvalue weighted by Gasteiger charge is 2.14. The van der Waals surface area contributed by atoms with Gasteiger partial charge in [0.25, 0.3) is 0 Å². The molecular formula is C17H29NO. The highest BCUT2D eigenvalue weighted by atomic mass is 16.5. The van der Waals surface area contributed by atoms with Gasteiger partial charge in [0.05, 0.1) is 6.61 Å². The Kier molecular flexibility index (Phi) is 8.31. The van der Waals surface area contributed by atoms with Crippen molar-refractivity contribution >= 4 is 0 Å². The number of nitrogens with zero attached hydrogens (tertiary/aromatic N) is 1. The van der Waals surface area contributed by atoms with Crippen LogP contribution in [0.1, 0.15) is 40.0 Å². The number of piperidine rings is 1. The molecule has 0 saturated carbocycles. The Morgan fingerprint density at radius 3 is 2.37 bits per heavy atom. The van der Waals surface area contributed by atoms with Crippen molar-refractivity contribution in [3.05, 3.63) is 30.3 Å². The summed E-state index contributed by atoms with van der Waals surface area (Å²) in [4.78, 5) is 2.56. The fourth-order valence-electron chi connectivity index (χ4n) is 2.28. The maximum atomic E-state index is 5.69. The van der Waals surface area contributed by atoms with E-state index >= 15 is 0 Å². The molecule has 108 valence electrons. The van der Waals surface area contributed by atoms with Gasteiger partial charge in [-0.25, -0.2) is 0 Å². The first-order chi connectivity index (χ1) is 9.34. The summed E-state index contributed by atoms with van der Waals surface area (Å²) in [5.74, 6) is 1.91. The van der Waals surface area contributed by atoms with Crippen molar-refractivity contribution in [2.24, 2.45) is 5.92 Å². The van der Waals surface area contributed by atoms with E-state index in [2.05, 4.69) is 11.8 Å². The molecule has 0 atom stereocenters. The first-order valence-corrected chi connectivity index (χ1v) is 7.75. The fraction of sp³-hybridized carbons (Fsp3) is 0.647. The van der Waals surface area contributed by atoms with Gasteiger partial charge in [0, 0.05) is 6.54 Å². The molecule has 19 heavy (non-hydrogen) atoms. The monoisotopic (exact) mass is 263 g/mol. The molecule has 1 aromatic carbocycles. The largest absolute Gasteiger partial charge is 0.494 e. The number of rotatable bonds is 5. The summed E-state index contributed by atoms with van der Waals surface area (Å²) >= 11 is 0. The van der Waals surface area contributed by atoms with Crippen molar-refractivity contribution in [2.45, 2.75) is 40.0 Å². The van der Waals surface area contributed by atoms with Crippen LogP contribution in [0.3, 0.4) is 0 Å². The number of ether oxygens (including phenoxy) is 1. The fourth-order valence-corrected chi connectivity index (χ4v) is 2.28. The first kappa shape index (κ1) is 16.0. The maximum Gasteiger partial charge on any atom is 0.119 e. The molecule has 0 bridgehead atoms. The summed E-state index contributed by atoms with van der Waals surface area (Å²) in [6.07, 6.45) is 3.85. The topological polar surface area (TPSA) is 12.5 Å². The second-order valence-electron chi connectivity index (χ2n) is 5.04. The third-order valence-electron chi connectivity index (χ3n) is 3.51. The molecule has 0 aromatic heterocycles. The van der Waals surface area contributed by atoms with E-state index in [0.717, 1.165) is 24.7 Å². The Labute approximate surface area is 118 Å². The molecule has 0 aliphatic carbocycles. The van der Waals surface area contributed by atoms with Crippen molar-refractivity contribution in [1.82, 2.24) is 4.90 Å². The second kappa shape index (κ2) is 9.85. The van der Waals surface area contributed by atoms with Gasteiger partial charge in [-0.05, 0) is 50.4 Å². The lowest BCUT2D eigenvalue weighted by Gasteiger charge is -2.30. The molecule has 2 heteroatoms. The van der Waals surface area contributed by atoms with E-state index in [0.29, 0.717) is 0 Å². The average molecular weight is 263 g/mol. The molecular weight excluding hydrogens is 234 g/mol. The second-order valence-corrected chi connectivity index (χ2v) is 5.04. The summed E-state index contributed by atoms with van der Waals surface area (Å²) < 4.78 is 5.69. The van der Waals surface area contributed by atoms with Crippen LogP contribution in [-0.4, -0.2) is 31.1 Å². The normalized spacial score (nSPS) is 16.6. The molecule has 1 aliphatic heterocycles. The van der Waals surface area contributed by atoms with Crippen molar-refractivity contribution in [1.29, 1.82) is 0 Å². The third kappa shape index (κ3) is 6.63. The van der Waals surface area contributed by atoms with E-state index in [1.807, 2.05) is 44.2 Å². The average Bonchev–Trinajstić information content (AvgIpc) is 2.49. The predicted molar refractivity (Wildman–Crippen MR) is 82.7 cm³/mol. The lowest BCUT2D eigenvalue weighted by atomic mass is 9.99. The SMILES string of the molecule is CC.CC1CCN(CCCOc2ccccc2)CC1. The standard InChI is InChI=1S/C15H23NO.C2H6/c1-14-8-11-16(12-9-14)10-5-13-17-15-6-3-2-4-7-15;1-2/h2-4,6-7,14H,5,8-13H2,1H3;1-2H3. The molecule has 0 radical (unpaired) electrons. The Hall–Kier alpha value is -1.02. The molecule has 0 spiro atoms. The van der Waals surface area contributed by atoms with Crippen LogP contribution in [0.15, 0.2) is 30.3 Å². The number of hydrogen-bond acceptors (Lipinski definition) is 2. The highest BCUT2D eigenvalue weighted by molar-refractivity contribution is 5.20. The third-order valence-corrected chi connectivity index (χ3v) is 3.51. The van der Waals surface area contributed by atoms with E-state index in [4.69, 9.17) is 4.74 Å². The number of benzene rings is 1. The van der Waals surface area contributed by atoms with Crippen LogP contribution in [0.5, 0.6) is 5.75 Å². The van der Waals surface area contributed by atoms with E-state index in [9.17, 15) is 0 Å². The minimum atomic E-state index is 0.829. The van der Waals surface area contributed by atoms with Gasteiger partial charge in [0.1, 0.15) is 5.75 Å². The van der Waals surface area contributed by atoms with Crippen molar-refractivity contribution in [2.75, 3.05) is 26.2 Å². The minimum Gasteiger partial charge on any atom is -0.494 e. The van der Waals surface area contributed by atoms with Crippen LogP contribution < -0.4 is 4.74 Å². The molecule has 2 rings (SSSR count). The lowest BCUT2D eigenvalue weighted by molar-refractivity contribution is 0.177. The van der Waals surface area contributed by atoms with Gasteiger partial charge in [0.15, 0.2) is 0 Å². The smallest absolute Gasteiger partial charge is 0.119 e. The van der Waals surface area contributed by atoms with Crippen LogP contribution in [0, 0.1) is 5.92 Å². The Balaban J connectivity index is 0.000000861. The zero-order valence-corrected chi connectivity index (χ0v) is 12.8. The van der Waals surface area contributed by atoms with E-state index in [1.165, 1.54) is 32.5 Å². The van der Waals surface area contributed by atoms with Crippen LogP contribution in [0.2, 0.25) is 0 Å². The van der Waals surface area contributed by atoms with Crippen molar-refractivity contribution < 1.29 is 4.74 Å². The highest BCUT2D eigenvalue weighted by Crippen LogP contribution is 2.16. The summed E-state index contributed by atoms with van der Waals surface area (Å²) in [5.41, 5.74) is 0. The molecule has 0 amide bonds. The van der Waals surface area contributed by atoms with Crippen molar-refractivity contribution in [3.8, 4) is 5.75 Å². The number of para-hydroxylation sites is 1. The predicted octanol–water partition coefficient (Wildman–Crippen LogP) is 4.21. The number of likely N-dealkylation sites (tertiary alicyclic amines) is 1. The Morgan fingerprint density at radius 1 is 1.11 bits per heavy atom. The van der Waals surface area contributed by atoms with Gasteiger partial charge in [-0.1, -0.05) is 39.0 Å². The molecule has 1 heterocycles. The van der Waals surface area contributed by atoms with E-state index < -0.39 is 0 Å². The van der Waals surface area contributed by atoms with Gasteiger partial charge >= 0.3 is 0 Å². The van der Waals surface area contributed by atoms with Crippen molar-refractivity contribution in [3.63, 3.8) is 0 Å². The van der Waals surface area contributed by atoms with Gasteiger partial charge in [0.2, 0.25) is 0 Å². The summed E-state index contributed by atoms with van der Waals surface area (Å²) in [5, 5.41) is 0. The molecule has 1 aromatic rings. The van der Waals surface area contributed by atoms with Crippen LogP contribution in [0.25, 0.3) is 0 Å². The molecule has 0 N–H and O–H groups in total. The Bertz CT molecular complexity index is 304. The number of hydrogen-bond donors (Lipinski definition) is 0. The van der Waals surface area contributed by atoms with Gasteiger partial charge in [-0.3, -0.25) is 0 Å². The van der Waals surface area contributed by atoms with Gasteiger partial charge < -0.3 is 9.64 Å². The minimum absolute atomic E-state index is 0.829. The quantitative estimate of drug-likeness (QED) is 0.738. The van der Waals surface area contributed by atoms with Crippen LogP contribution in [-0.2, 0) is 0 Å².